The molecule has 3 heterocycles. The Morgan fingerprint density at radius 2 is 1.97 bits per heavy atom. The van der Waals surface area contributed by atoms with Crippen molar-refractivity contribution in [2.45, 2.75) is 26.4 Å². The Balaban J connectivity index is 1.81. The summed E-state index contributed by atoms with van der Waals surface area (Å²) < 4.78 is 0.879. The molecular weight excluding hydrogens is 466 g/mol. The first-order valence-electron chi connectivity index (χ1n) is 9.24. The van der Waals surface area contributed by atoms with E-state index in [-0.39, 0.29) is 17.9 Å². The number of thiazole rings is 1. The minimum atomic E-state index is -0.708. The van der Waals surface area contributed by atoms with Crippen LogP contribution in [-0.4, -0.2) is 31.7 Å². The molecule has 8 heteroatoms. The predicted octanol–water partition coefficient (Wildman–Crippen LogP) is 4.70. The Hall–Kier alpha value is -2.84. The lowest BCUT2D eigenvalue weighted by atomic mass is 9.95. The second-order valence-electron chi connectivity index (χ2n) is 6.99. The van der Waals surface area contributed by atoms with E-state index in [0.717, 1.165) is 20.6 Å². The molecule has 0 bridgehead atoms. The van der Waals surface area contributed by atoms with Gasteiger partial charge in [0, 0.05) is 23.4 Å². The highest BCUT2D eigenvalue weighted by molar-refractivity contribution is 9.10. The summed E-state index contributed by atoms with van der Waals surface area (Å²) in [4.78, 5) is 36.8. The molecule has 1 N–H and O–H groups in total. The molecule has 0 saturated carbocycles. The molecule has 3 aromatic rings. The number of aliphatic hydroxyl groups excluding tert-OH is 1. The minimum absolute atomic E-state index is 0.0814. The quantitative estimate of drug-likeness (QED) is 0.531. The molecule has 30 heavy (non-hydrogen) atoms. The summed E-state index contributed by atoms with van der Waals surface area (Å²) in [5.41, 5.74) is 2.22. The van der Waals surface area contributed by atoms with Crippen LogP contribution >= 0.6 is 27.3 Å². The van der Waals surface area contributed by atoms with Crippen LogP contribution < -0.4 is 0 Å². The lowest BCUT2D eigenvalue weighted by Crippen LogP contribution is -2.30. The van der Waals surface area contributed by atoms with Gasteiger partial charge in [0.05, 0.1) is 27.2 Å². The number of hydrogen-bond acceptors (Lipinski definition) is 6. The lowest BCUT2D eigenvalue weighted by Gasteiger charge is -2.27. The van der Waals surface area contributed by atoms with Crippen LogP contribution in [0.4, 0.5) is 0 Å². The highest BCUT2D eigenvalue weighted by atomic mass is 79.9. The number of nitrogens with zero attached hydrogens (tertiary/aromatic N) is 3. The maximum atomic E-state index is 13.4. The molecule has 0 saturated heterocycles. The maximum absolute atomic E-state index is 13.4. The van der Waals surface area contributed by atoms with Gasteiger partial charge in [-0.1, -0.05) is 34.1 Å². The molecule has 0 spiro atoms. The number of carbonyl (C=O) groups is 2. The number of rotatable bonds is 5. The van der Waals surface area contributed by atoms with E-state index in [1.54, 1.807) is 25.4 Å². The smallest absolute Gasteiger partial charge is 0.290 e. The third-order valence-electron chi connectivity index (χ3n) is 4.92. The molecule has 1 aromatic carbocycles. The zero-order valence-electron chi connectivity index (χ0n) is 16.3. The molecule has 1 amide bonds. The maximum Gasteiger partial charge on any atom is 0.290 e. The van der Waals surface area contributed by atoms with Gasteiger partial charge in [-0.05, 0) is 43.2 Å². The fraction of sp³-hybridized carbons (Fsp3) is 0.182. The molecule has 6 nitrogen and oxygen atoms in total. The van der Waals surface area contributed by atoms with Crippen molar-refractivity contribution in [1.29, 1.82) is 0 Å². The van der Waals surface area contributed by atoms with Crippen molar-refractivity contribution < 1.29 is 14.7 Å². The fourth-order valence-corrected chi connectivity index (χ4v) is 4.73. The zero-order valence-corrected chi connectivity index (χ0v) is 18.7. The number of Topliss-reactive ketones (excluding diaryl/α,β-unsaturated/α-hetero) is 1. The molecule has 1 aliphatic heterocycles. The van der Waals surface area contributed by atoms with E-state index in [1.807, 2.05) is 37.3 Å². The average Bonchev–Trinajstić information content (AvgIpc) is 3.20. The van der Waals surface area contributed by atoms with Crippen LogP contribution in [0.3, 0.4) is 0 Å². The molecule has 0 fully saturated rings. The van der Waals surface area contributed by atoms with Crippen LogP contribution in [0.1, 0.15) is 37.5 Å². The normalized spacial score (nSPS) is 16.4. The molecule has 4 rings (SSSR count). The molecule has 1 atom stereocenters. The van der Waals surface area contributed by atoms with E-state index < -0.39 is 17.7 Å². The SMILES string of the molecule is Cc1nc(C)c(C(=O)C2=C(O)C(=O)N(Cc3cccnc3)[C@@H]2c2ccc(Br)cc2)s1. The van der Waals surface area contributed by atoms with Gasteiger partial charge < -0.3 is 10.0 Å². The third kappa shape index (κ3) is 3.68. The summed E-state index contributed by atoms with van der Waals surface area (Å²) in [7, 11) is 0. The van der Waals surface area contributed by atoms with Crippen molar-refractivity contribution in [3.63, 3.8) is 0 Å². The molecule has 1 aliphatic rings. The summed E-state index contributed by atoms with van der Waals surface area (Å²) in [5, 5.41) is 11.5. The summed E-state index contributed by atoms with van der Waals surface area (Å²) in [5.74, 6) is -1.46. The van der Waals surface area contributed by atoms with E-state index in [0.29, 0.717) is 10.6 Å². The number of amides is 1. The van der Waals surface area contributed by atoms with Crippen molar-refractivity contribution in [1.82, 2.24) is 14.9 Å². The Labute approximate surface area is 186 Å². The van der Waals surface area contributed by atoms with Gasteiger partial charge in [-0.15, -0.1) is 11.3 Å². The van der Waals surface area contributed by atoms with Crippen molar-refractivity contribution in [2.75, 3.05) is 0 Å². The van der Waals surface area contributed by atoms with Crippen LogP contribution in [0.15, 0.2) is 64.6 Å². The first-order valence-corrected chi connectivity index (χ1v) is 10.8. The van der Waals surface area contributed by atoms with Gasteiger partial charge in [0.15, 0.2) is 5.76 Å². The van der Waals surface area contributed by atoms with Crippen LogP contribution in [0.25, 0.3) is 0 Å². The first-order chi connectivity index (χ1) is 14.4. The molecular formula is C22H18BrN3O3S. The zero-order chi connectivity index (χ0) is 21.4. The number of ketones is 1. The van der Waals surface area contributed by atoms with E-state index in [4.69, 9.17) is 0 Å². The highest BCUT2D eigenvalue weighted by Crippen LogP contribution is 2.41. The Morgan fingerprint density at radius 3 is 2.57 bits per heavy atom. The molecule has 152 valence electrons. The van der Waals surface area contributed by atoms with Gasteiger partial charge in [0.25, 0.3) is 5.91 Å². The second-order valence-corrected chi connectivity index (χ2v) is 9.11. The Bertz CT molecular complexity index is 1160. The Kier molecular flexibility index (Phi) is 5.53. The van der Waals surface area contributed by atoms with E-state index >= 15 is 0 Å². The average molecular weight is 484 g/mol. The third-order valence-corrected chi connectivity index (χ3v) is 6.52. The highest BCUT2D eigenvalue weighted by Gasteiger charge is 2.44. The van der Waals surface area contributed by atoms with Crippen molar-refractivity contribution >= 4 is 39.0 Å². The van der Waals surface area contributed by atoms with Crippen LogP contribution in [0.5, 0.6) is 0 Å². The first kappa shape index (κ1) is 20.4. The number of aliphatic hydroxyl groups is 1. The molecule has 0 radical (unpaired) electrons. The summed E-state index contributed by atoms with van der Waals surface area (Å²) in [6, 6.07) is 10.3. The van der Waals surface area contributed by atoms with Gasteiger partial charge in [-0.3, -0.25) is 14.6 Å². The number of hydrogen-bond donors (Lipinski definition) is 1. The Morgan fingerprint density at radius 1 is 1.23 bits per heavy atom. The number of carbonyl (C=O) groups excluding carboxylic acids is 2. The lowest BCUT2D eigenvalue weighted by molar-refractivity contribution is -0.130. The van der Waals surface area contributed by atoms with Gasteiger partial charge in [0.1, 0.15) is 0 Å². The standard InChI is InChI=1S/C22H18BrN3O3S/c1-12-21(30-13(2)25-12)19(27)17-18(15-5-7-16(23)8-6-15)26(22(29)20(17)28)11-14-4-3-9-24-10-14/h3-10,18,28H,11H2,1-2H3/t18-/m1/s1. The number of aryl methyl sites for hydroxylation is 2. The van der Waals surface area contributed by atoms with Gasteiger partial charge >= 0.3 is 0 Å². The fourth-order valence-electron chi connectivity index (χ4n) is 3.59. The van der Waals surface area contributed by atoms with E-state index in [2.05, 4.69) is 25.9 Å². The topological polar surface area (TPSA) is 83.4 Å². The summed E-state index contributed by atoms with van der Waals surface area (Å²) in [6.45, 7) is 3.80. The van der Waals surface area contributed by atoms with E-state index in [1.165, 1.54) is 16.2 Å². The van der Waals surface area contributed by atoms with E-state index in [9.17, 15) is 14.7 Å². The summed E-state index contributed by atoms with van der Waals surface area (Å²) >= 11 is 4.68. The molecule has 2 aromatic heterocycles. The second kappa shape index (κ2) is 8.12. The molecule has 0 unspecified atom stereocenters. The minimum Gasteiger partial charge on any atom is -0.503 e. The van der Waals surface area contributed by atoms with Crippen molar-refractivity contribution in [3.05, 3.63) is 91.3 Å². The number of aromatic nitrogens is 2. The van der Waals surface area contributed by atoms with Crippen LogP contribution in [0.2, 0.25) is 0 Å². The number of halogens is 1. The number of benzene rings is 1. The summed E-state index contributed by atoms with van der Waals surface area (Å²) in [6.07, 6.45) is 3.32. The van der Waals surface area contributed by atoms with Crippen molar-refractivity contribution in [2.24, 2.45) is 0 Å². The largest absolute Gasteiger partial charge is 0.503 e. The number of pyridine rings is 1. The van der Waals surface area contributed by atoms with Gasteiger partial charge in [-0.25, -0.2) is 4.98 Å². The van der Waals surface area contributed by atoms with Crippen molar-refractivity contribution in [3.8, 4) is 0 Å². The van der Waals surface area contributed by atoms with Crippen LogP contribution in [0, 0.1) is 13.8 Å². The molecule has 0 aliphatic carbocycles. The monoisotopic (exact) mass is 483 g/mol. The van der Waals surface area contributed by atoms with Crippen LogP contribution in [-0.2, 0) is 11.3 Å². The van der Waals surface area contributed by atoms with Gasteiger partial charge in [-0.2, -0.15) is 0 Å². The predicted molar refractivity (Wildman–Crippen MR) is 117 cm³/mol. The van der Waals surface area contributed by atoms with Gasteiger partial charge in [0.2, 0.25) is 5.78 Å².